The maximum atomic E-state index is 9.27. The van der Waals surface area contributed by atoms with Crippen LogP contribution in [0.25, 0.3) is 0 Å². The molecular formula is C9H19NO. The molecule has 2 nitrogen and oxygen atoms in total. The van der Waals surface area contributed by atoms with Crippen molar-refractivity contribution in [3.8, 4) is 0 Å². The van der Waals surface area contributed by atoms with Crippen molar-refractivity contribution in [1.29, 1.82) is 0 Å². The molecule has 2 heteroatoms. The van der Waals surface area contributed by atoms with Crippen molar-refractivity contribution < 1.29 is 5.11 Å². The third kappa shape index (κ3) is 2.46. The molecule has 1 N–H and O–H groups in total. The second-order valence-electron chi connectivity index (χ2n) is 4.33. The number of piperidine rings is 1. The molecule has 1 saturated heterocycles. The molecule has 0 aromatic heterocycles. The summed E-state index contributed by atoms with van der Waals surface area (Å²) in [6, 6.07) is 0. The van der Waals surface area contributed by atoms with Gasteiger partial charge in [0.2, 0.25) is 0 Å². The van der Waals surface area contributed by atoms with Gasteiger partial charge >= 0.3 is 0 Å². The van der Waals surface area contributed by atoms with E-state index in [1.54, 1.807) is 0 Å². The highest BCUT2D eigenvalue weighted by molar-refractivity contribution is 4.78. The Morgan fingerprint density at radius 2 is 1.73 bits per heavy atom. The second-order valence-corrected chi connectivity index (χ2v) is 4.33. The van der Waals surface area contributed by atoms with Crippen molar-refractivity contribution in [3.63, 3.8) is 0 Å². The van der Waals surface area contributed by atoms with E-state index >= 15 is 0 Å². The summed E-state index contributed by atoms with van der Waals surface area (Å²) in [4.78, 5) is 2.13. The van der Waals surface area contributed by atoms with Crippen LogP contribution in [0.3, 0.4) is 0 Å². The van der Waals surface area contributed by atoms with Gasteiger partial charge in [0.1, 0.15) is 6.23 Å². The van der Waals surface area contributed by atoms with Crippen LogP contribution in [-0.4, -0.2) is 29.3 Å². The van der Waals surface area contributed by atoms with Gasteiger partial charge < -0.3 is 5.11 Å². The number of nitrogens with zero attached hydrogens (tertiary/aromatic N) is 1. The summed E-state index contributed by atoms with van der Waals surface area (Å²) in [5.74, 6) is 0. The summed E-state index contributed by atoms with van der Waals surface area (Å²) in [7, 11) is 0. The topological polar surface area (TPSA) is 23.5 Å². The van der Waals surface area contributed by atoms with Crippen molar-refractivity contribution in [2.24, 2.45) is 5.41 Å². The Hall–Kier alpha value is -0.0800. The normalized spacial score (nSPS) is 28.4. The molecule has 1 fully saturated rings. The van der Waals surface area contributed by atoms with Gasteiger partial charge in [-0.15, -0.1) is 0 Å². The highest BCUT2D eigenvalue weighted by Crippen LogP contribution is 2.29. The fraction of sp³-hybridized carbons (Fsp3) is 1.00. The predicted molar refractivity (Wildman–Crippen MR) is 46.3 cm³/mol. The molecule has 1 aliphatic heterocycles. The third-order valence-corrected chi connectivity index (χ3v) is 2.68. The lowest BCUT2D eigenvalue weighted by Gasteiger charge is -2.38. The number of aliphatic hydroxyl groups excluding tert-OH is 1. The Bertz CT molecular complexity index is 122. The summed E-state index contributed by atoms with van der Waals surface area (Å²) in [5, 5.41) is 9.27. The van der Waals surface area contributed by atoms with E-state index in [4.69, 9.17) is 0 Å². The lowest BCUT2D eigenvalue weighted by atomic mass is 9.83. The molecule has 1 heterocycles. The minimum atomic E-state index is -0.258. The minimum Gasteiger partial charge on any atom is -0.379 e. The van der Waals surface area contributed by atoms with Crippen LogP contribution in [-0.2, 0) is 0 Å². The van der Waals surface area contributed by atoms with Gasteiger partial charge in [-0.3, -0.25) is 4.90 Å². The first-order chi connectivity index (χ1) is 5.01. The lowest BCUT2D eigenvalue weighted by molar-refractivity contribution is -0.0158. The van der Waals surface area contributed by atoms with Crippen molar-refractivity contribution >= 4 is 0 Å². The molecule has 0 bridgehead atoms. The lowest BCUT2D eigenvalue weighted by Crippen LogP contribution is -2.42. The monoisotopic (exact) mass is 157 g/mol. The molecule has 0 aromatic carbocycles. The fourth-order valence-corrected chi connectivity index (χ4v) is 1.50. The maximum Gasteiger partial charge on any atom is 0.104 e. The Labute approximate surface area is 69.2 Å². The molecule has 1 aliphatic rings. The molecule has 0 aliphatic carbocycles. The van der Waals surface area contributed by atoms with Gasteiger partial charge in [-0.05, 0) is 25.2 Å². The van der Waals surface area contributed by atoms with E-state index in [1.165, 1.54) is 12.8 Å². The van der Waals surface area contributed by atoms with Gasteiger partial charge in [0.25, 0.3) is 0 Å². The molecule has 0 radical (unpaired) electrons. The first kappa shape index (κ1) is 9.01. The number of aliphatic hydroxyl groups is 1. The van der Waals surface area contributed by atoms with E-state index in [1.807, 2.05) is 6.92 Å². The van der Waals surface area contributed by atoms with Crippen LogP contribution in [0.1, 0.15) is 33.6 Å². The summed E-state index contributed by atoms with van der Waals surface area (Å²) in [6.07, 6.45) is 2.15. The molecule has 1 unspecified atom stereocenters. The summed E-state index contributed by atoms with van der Waals surface area (Å²) >= 11 is 0. The zero-order valence-electron chi connectivity index (χ0n) is 7.80. The number of rotatable bonds is 1. The van der Waals surface area contributed by atoms with Crippen LogP contribution in [0.5, 0.6) is 0 Å². The molecule has 66 valence electrons. The van der Waals surface area contributed by atoms with Gasteiger partial charge in [0, 0.05) is 13.1 Å². The standard InChI is InChI=1S/C9H19NO/c1-8(11)10-6-4-9(2,3)5-7-10/h8,11H,4-7H2,1-3H3. The van der Waals surface area contributed by atoms with Crippen LogP contribution < -0.4 is 0 Å². The number of hydrogen-bond acceptors (Lipinski definition) is 2. The Morgan fingerprint density at radius 1 is 1.27 bits per heavy atom. The molecule has 0 saturated carbocycles. The Kier molecular flexibility index (Phi) is 2.55. The van der Waals surface area contributed by atoms with E-state index < -0.39 is 0 Å². The number of likely N-dealkylation sites (tertiary alicyclic amines) is 1. The summed E-state index contributed by atoms with van der Waals surface area (Å²) < 4.78 is 0. The largest absolute Gasteiger partial charge is 0.379 e. The summed E-state index contributed by atoms with van der Waals surface area (Å²) in [5.41, 5.74) is 0.491. The summed E-state index contributed by atoms with van der Waals surface area (Å²) in [6.45, 7) is 8.53. The molecule has 0 aromatic rings. The van der Waals surface area contributed by atoms with Crippen LogP contribution in [0.15, 0.2) is 0 Å². The van der Waals surface area contributed by atoms with Crippen LogP contribution >= 0.6 is 0 Å². The van der Waals surface area contributed by atoms with Gasteiger partial charge in [-0.1, -0.05) is 13.8 Å². The number of hydrogen-bond donors (Lipinski definition) is 1. The van der Waals surface area contributed by atoms with E-state index in [0.29, 0.717) is 5.41 Å². The Morgan fingerprint density at radius 3 is 2.09 bits per heavy atom. The van der Waals surface area contributed by atoms with E-state index in [-0.39, 0.29) is 6.23 Å². The smallest absolute Gasteiger partial charge is 0.104 e. The highest BCUT2D eigenvalue weighted by atomic mass is 16.3. The maximum absolute atomic E-state index is 9.27. The van der Waals surface area contributed by atoms with Crippen molar-refractivity contribution in [3.05, 3.63) is 0 Å². The van der Waals surface area contributed by atoms with Crippen molar-refractivity contribution in [2.75, 3.05) is 13.1 Å². The Balaban J connectivity index is 2.36. The first-order valence-corrected chi connectivity index (χ1v) is 4.43. The van der Waals surface area contributed by atoms with Crippen LogP contribution in [0.2, 0.25) is 0 Å². The molecule has 0 spiro atoms. The van der Waals surface area contributed by atoms with Gasteiger partial charge in [-0.2, -0.15) is 0 Å². The van der Waals surface area contributed by atoms with E-state index in [2.05, 4.69) is 18.7 Å². The predicted octanol–water partition coefficient (Wildman–Crippen LogP) is 1.45. The van der Waals surface area contributed by atoms with Crippen LogP contribution in [0.4, 0.5) is 0 Å². The van der Waals surface area contributed by atoms with Crippen molar-refractivity contribution in [2.45, 2.75) is 39.8 Å². The molecule has 11 heavy (non-hydrogen) atoms. The van der Waals surface area contributed by atoms with E-state index in [9.17, 15) is 5.11 Å². The quantitative estimate of drug-likeness (QED) is 0.622. The zero-order valence-corrected chi connectivity index (χ0v) is 7.80. The zero-order chi connectivity index (χ0) is 8.48. The van der Waals surface area contributed by atoms with E-state index in [0.717, 1.165) is 13.1 Å². The SMILES string of the molecule is CC(O)N1CCC(C)(C)CC1. The van der Waals surface area contributed by atoms with Gasteiger partial charge in [0.05, 0.1) is 0 Å². The first-order valence-electron chi connectivity index (χ1n) is 4.43. The van der Waals surface area contributed by atoms with Gasteiger partial charge in [0.15, 0.2) is 0 Å². The highest BCUT2D eigenvalue weighted by Gasteiger charge is 2.26. The second kappa shape index (κ2) is 3.11. The minimum absolute atomic E-state index is 0.258. The van der Waals surface area contributed by atoms with Crippen molar-refractivity contribution in [1.82, 2.24) is 4.90 Å². The average Bonchev–Trinajstić information content (AvgIpc) is 1.86. The van der Waals surface area contributed by atoms with Crippen LogP contribution in [0, 0.1) is 5.41 Å². The molecule has 1 rings (SSSR count). The molecular weight excluding hydrogens is 138 g/mol. The average molecular weight is 157 g/mol. The molecule has 0 amide bonds. The molecule has 1 atom stereocenters. The fourth-order valence-electron chi connectivity index (χ4n) is 1.50. The van der Waals surface area contributed by atoms with Gasteiger partial charge in [-0.25, -0.2) is 0 Å². The third-order valence-electron chi connectivity index (χ3n) is 2.68.